The number of carbonyl (C=O) groups excluding carboxylic acids is 1. The highest BCUT2D eigenvalue weighted by Crippen LogP contribution is 2.29. The quantitative estimate of drug-likeness (QED) is 0.503. The number of aromatic amines is 1. The number of nitrogens with one attached hydrogen (secondary N) is 2. The molecule has 154 valence electrons. The molecule has 0 bridgehead atoms. The highest BCUT2D eigenvalue weighted by Gasteiger charge is 2.20. The zero-order chi connectivity index (χ0) is 21.0. The third kappa shape index (κ3) is 4.96. The number of methoxy groups -OCH3 is 1. The van der Waals surface area contributed by atoms with Gasteiger partial charge >= 0.3 is 0 Å². The Hall–Kier alpha value is -2.41. The zero-order valence-corrected chi connectivity index (χ0v) is 18.3. The molecule has 0 unspecified atom stereocenters. The predicted molar refractivity (Wildman–Crippen MR) is 113 cm³/mol. The van der Waals surface area contributed by atoms with Gasteiger partial charge in [-0.15, -0.1) is 16.4 Å². The number of anilines is 1. The van der Waals surface area contributed by atoms with Gasteiger partial charge in [-0.05, 0) is 29.6 Å². The minimum Gasteiger partial charge on any atom is -0.495 e. The van der Waals surface area contributed by atoms with Crippen molar-refractivity contribution in [2.45, 2.75) is 10.1 Å². The lowest BCUT2D eigenvalue weighted by molar-refractivity contribution is -0.113. The first-order valence-corrected chi connectivity index (χ1v) is 11.6. The number of sulfonamides is 1. The predicted octanol–water partition coefficient (Wildman–Crippen LogP) is 2.52. The van der Waals surface area contributed by atoms with Crippen molar-refractivity contribution in [1.29, 1.82) is 0 Å². The van der Waals surface area contributed by atoms with Gasteiger partial charge in [0.2, 0.25) is 21.1 Å². The molecule has 0 aliphatic carbocycles. The lowest BCUT2D eigenvalue weighted by Gasteiger charge is -2.15. The van der Waals surface area contributed by atoms with Crippen LogP contribution in [0.4, 0.5) is 5.69 Å². The first-order valence-electron chi connectivity index (χ1n) is 8.30. The highest BCUT2D eigenvalue weighted by atomic mass is 32.2. The number of carbonyl (C=O) groups is 1. The van der Waals surface area contributed by atoms with Gasteiger partial charge in [0.05, 0.1) is 28.3 Å². The summed E-state index contributed by atoms with van der Waals surface area (Å²) in [6.07, 6.45) is 0. The van der Waals surface area contributed by atoms with E-state index in [2.05, 4.69) is 20.5 Å². The molecule has 0 saturated carbocycles. The van der Waals surface area contributed by atoms with Gasteiger partial charge in [-0.25, -0.2) is 17.7 Å². The van der Waals surface area contributed by atoms with Crippen LogP contribution in [0.5, 0.6) is 5.75 Å². The lowest BCUT2D eigenvalue weighted by atomic mass is 10.3. The molecule has 3 rings (SSSR count). The summed E-state index contributed by atoms with van der Waals surface area (Å²) in [6, 6.07) is 8.15. The molecule has 1 amide bonds. The van der Waals surface area contributed by atoms with Gasteiger partial charge in [0, 0.05) is 14.1 Å². The smallest absolute Gasteiger partial charge is 0.242 e. The first-order chi connectivity index (χ1) is 13.8. The fourth-order valence-electron chi connectivity index (χ4n) is 2.31. The van der Waals surface area contributed by atoms with Crippen molar-refractivity contribution in [3.8, 4) is 16.5 Å². The second-order valence-electron chi connectivity index (χ2n) is 5.93. The van der Waals surface area contributed by atoms with E-state index in [1.807, 2.05) is 17.5 Å². The molecule has 2 aromatic heterocycles. The van der Waals surface area contributed by atoms with Crippen LogP contribution in [-0.2, 0) is 14.8 Å². The summed E-state index contributed by atoms with van der Waals surface area (Å²) in [7, 11) is 0.688. The molecular weight excluding hydrogens is 434 g/mol. The van der Waals surface area contributed by atoms with E-state index in [1.165, 1.54) is 62.5 Å². The lowest BCUT2D eigenvalue weighted by Crippen LogP contribution is -2.22. The molecular formula is C17H19N5O4S3. The number of H-pyrrole nitrogens is 1. The van der Waals surface area contributed by atoms with Gasteiger partial charge in [0.25, 0.3) is 0 Å². The molecule has 1 aromatic carbocycles. The Morgan fingerprint density at radius 1 is 1.34 bits per heavy atom. The monoisotopic (exact) mass is 453 g/mol. The van der Waals surface area contributed by atoms with Gasteiger partial charge < -0.3 is 10.1 Å². The van der Waals surface area contributed by atoms with Crippen molar-refractivity contribution < 1.29 is 17.9 Å². The van der Waals surface area contributed by atoms with Crippen molar-refractivity contribution >= 4 is 44.7 Å². The molecule has 2 heterocycles. The molecule has 0 saturated heterocycles. The number of amides is 1. The van der Waals surface area contributed by atoms with E-state index >= 15 is 0 Å². The Bertz CT molecular complexity index is 1090. The molecule has 12 heteroatoms. The molecule has 9 nitrogen and oxygen atoms in total. The van der Waals surface area contributed by atoms with Crippen molar-refractivity contribution in [1.82, 2.24) is 19.5 Å². The number of thioether (sulfide) groups is 1. The molecule has 2 N–H and O–H groups in total. The Balaban J connectivity index is 1.68. The van der Waals surface area contributed by atoms with Crippen LogP contribution in [0.1, 0.15) is 0 Å². The fourth-order valence-corrected chi connectivity index (χ4v) is 4.50. The highest BCUT2D eigenvalue weighted by molar-refractivity contribution is 7.99. The molecule has 0 radical (unpaired) electrons. The maximum atomic E-state index is 12.4. The minimum atomic E-state index is -3.64. The van der Waals surface area contributed by atoms with E-state index in [9.17, 15) is 13.2 Å². The molecule has 0 spiro atoms. The maximum absolute atomic E-state index is 12.4. The summed E-state index contributed by atoms with van der Waals surface area (Å²) in [5, 5.41) is 12.0. The Morgan fingerprint density at radius 3 is 2.79 bits per heavy atom. The largest absolute Gasteiger partial charge is 0.495 e. The van der Waals surface area contributed by atoms with E-state index in [-0.39, 0.29) is 22.2 Å². The van der Waals surface area contributed by atoms with E-state index in [4.69, 9.17) is 4.74 Å². The molecule has 0 aliphatic heterocycles. The van der Waals surface area contributed by atoms with Gasteiger partial charge in [0.1, 0.15) is 5.75 Å². The Morgan fingerprint density at radius 2 is 2.14 bits per heavy atom. The third-order valence-corrected chi connectivity index (χ3v) is 7.31. The van der Waals surface area contributed by atoms with E-state index in [0.29, 0.717) is 16.7 Å². The van der Waals surface area contributed by atoms with Gasteiger partial charge in [0.15, 0.2) is 5.82 Å². The minimum absolute atomic E-state index is 0.0511. The third-order valence-electron chi connectivity index (χ3n) is 3.78. The number of ether oxygens (including phenoxy) is 1. The number of hydrogen-bond donors (Lipinski definition) is 2. The fraction of sp³-hybridized carbons (Fsp3) is 0.235. The van der Waals surface area contributed by atoms with Crippen molar-refractivity contribution in [2.24, 2.45) is 0 Å². The van der Waals surface area contributed by atoms with Crippen LogP contribution in [0.25, 0.3) is 10.7 Å². The second-order valence-corrected chi connectivity index (χ2v) is 9.97. The normalized spacial score (nSPS) is 11.6. The molecule has 3 aromatic rings. The van der Waals surface area contributed by atoms with Crippen LogP contribution in [0.3, 0.4) is 0 Å². The maximum Gasteiger partial charge on any atom is 0.242 e. The summed E-state index contributed by atoms with van der Waals surface area (Å²) in [4.78, 5) is 17.7. The number of benzene rings is 1. The standard InChI is InChI=1S/C17H19N5O4S3/c1-22(2)29(24,25)11-6-7-13(26-3)12(9-11)18-15(23)10-28-17-19-16(20-21-17)14-5-4-8-27-14/h4-9H,10H2,1-3H3,(H,18,23)(H,19,20,21). The number of rotatable bonds is 8. The van der Waals surface area contributed by atoms with Crippen LogP contribution in [-0.4, -0.2) is 60.8 Å². The van der Waals surface area contributed by atoms with Crippen molar-refractivity contribution in [3.63, 3.8) is 0 Å². The number of hydrogen-bond acceptors (Lipinski definition) is 8. The van der Waals surface area contributed by atoms with Gasteiger partial charge in [-0.3, -0.25) is 9.89 Å². The summed E-state index contributed by atoms with van der Waals surface area (Å²) in [5.74, 6) is 0.718. The SMILES string of the molecule is COc1ccc(S(=O)(=O)N(C)C)cc1NC(=O)CSc1n[nH]c(-c2cccs2)n1. The van der Waals surface area contributed by atoms with Crippen molar-refractivity contribution in [3.05, 3.63) is 35.7 Å². The summed E-state index contributed by atoms with van der Waals surface area (Å²) >= 11 is 2.70. The van der Waals surface area contributed by atoms with Crippen LogP contribution in [0.15, 0.2) is 45.8 Å². The van der Waals surface area contributed by atoms with Gasteiger partial charge in [-0.2, -0.15) is 0 Å². The Kier molecular flexibility index (Phi) is 6.57. The summed E-state index contributed by atoms with van der Waals surface area (Å²) < 4.78 is 31.0. The van der Waals surface area contributed by atoms with E-state index in [1.54, 1.807) is 0 Å². The summed E-state index contributed by atoms with van der Waals surface area (Å²) in [5.41, 5.74) is 0.273. The molecule has 0 fully saturated rings. The van der Waals surface area contributed by atoms with Crippen molar-refractivity contribution in [2.75, 3.05) is 32.3 Å². The van der Waals surface area contributed by atoms with Gasteiger partial charge in [-0.1, -0.05) is 17.8 Å². The number of nitrogens with zero attached hydrogens (tertiary/aromatic N) is 3. The topological polar surface area (TPSA) is 117 Å². The van der Waals surface area contributed by atoms with Crippen LogP contribution in [0.2, 0.25) is 0 Å². The molecule has 0 aliphatic rings. The van der Waals surface area contributed by atoms with E-state index in [0.717, 1.165) is 9.18 Å². The number of aromatic nitrogens is 3. The van der Waals surface area contributed by atoms with Crippen LogP contribution < -0.4 is 10.1 Å². The molecule has 0 atom stereocenters. The molecule has 29 heavy (non-hydrogen) atoms. The first kappa shape index (κ1) is 21.3. The second kappa shape index (κ2) is 8.95. The Labute approximate surface area is 176 Å². The average Bonchev–Trinajstić information content (AvgIpc) is 3.37. The summed E-state index contributed by atoms with van der Waals surface area (Å²) in [6.45, 7) is 0. The average molecular weight is 454 g/mol. The van der Waals surface area contributed by atoms with Crippen LogP contribution in [0, 0.1) is 0 Å². The van der Waals surface area contributed by atoms with Crippen LogP contribution >= 0.6 is 23.1 Å². The van der Waals surface area contributed by atoms with E-state index < -0.39 is 10.0 Å². The zero-order valence-electron chi connectivity index (χ0n) is 15.9. The number of thiophene rings is 1.